The Hall–Kier alpha value is -3.46. The summed E-state index contributed by atoms with van der Waals surface area (Å²) in [7, 11) is 0. The van der Waals surface area contributed by atoms with Crippen LogP contribution < -0.4 is 20.1 Å². The fourth-order valence-electron chi connectivity index (χ4n) is 3.47. The number of unbranched alkanes of at least 4 members (excludes halogenated alkanes) is 2. The van der Waals surface area contributed by atoms with Gasteiger partial charge in [0.1, 0.15) is 11.0 Å². The van der Waals surface area contributed by atoms with Crippen LogP contribution in [0.15, 0.2) is 48.5 Å². The summed E-state index contributed by atoms with van der Waals surface area (Å²) < 4.78 is 10.8. The summed E-state index contributed by atoms with van der Waals surface area (Å²) in [5.41, 5.74) is 1.78. The molecule has 0 saturated heterocycles. The highest BCUT2D eigenvalue weighted by molar-refractivity contribution is 7.18. The first kappa shape index (κ1) is 22.7. The van der Waals surface area contributed by atoms with Gasteiger partial charge in [0.15, 0.2) is 11.5 Å². The minimum atomic E-state index is -0.709. The summed E-state index contributed by atoms with van der Waals surface area (Å²) in [5.74, 6) is 0.895. The monoisotopic (exact) mass is 466 g/mol. The van der Waals surface area contributed by atoms with Crippen LogP contribution in [0.3, 0.4) is 0 Å². The smallest absolute Gasteiger partial charge is 0.249 e. The number of amides is 2. The molecule has 0 unspecified atom stereocenters. The number of ether oxygens (including phenoxy) is 2. The fraction of sp³-hybridized carbons (Fsp3) is 0.333. The van der Waals surface area contributed by atoms with E-state index in [1.165, 1.54) is 11.3 Å². The fourth-order valence-corrected chi connectivity index (χ4v) is 4.22. The van der Waals surface area contributed by atoms with Gasteiger partial charge in [-0.3, -0.25) is 14.9 Å². The van der Waals surface area contributed by atoms with Gasteiger partial charge in [-0.05, 0) is 30.2 Å². The molecule has 4 rings (SSSR count). The number of aromatic nitrogens is 2. The van der Waals surface area contributed by atoms with Crippen molar-refractivity contribution in [3.05, 3.63) is 54.1 Å². The van der Waals surface area contributed by atoms with Gasteiger partial charge >= 0.3 is 0 Å². The molecule has 0 aliphatic carbocycles. The van der Waals surface area contributed by atoms with Crippen molar-refractivity contribution in [2.75, 3.05) is 12.1 Å². The van der Waals surface area contributed by atoms with Crippen LogP contribution in [0.5, 0.6) is 11.5 Å². The Bertz CT molecular complexity index is 1100. The second-order valence-electron chi connectivity index (χ2n) is 7.74. The highest BCUT2D eigenvalue weighted by Gasteiger charge is 2.23. The Morgan fingerprint density at radius 2 is 1.88 bits per heavy atom. The lowest BCUT2D eigenvalue weighted by Gasteiger charge is -2.18. The van der Waals surface area contributed by atoms with E-state index in [0.717, 1.165) is 30.4 Å². The van der Waals surface area contributed by atoms with Gasteiger partial charge in [-0.25, -0.2) is 0 Å². The topological polar surface area (TPSA) is 102 Å². The number of hydrogen-bond donors (Lipinski definition) is 2. The molecule has 2 N–H and O–H groups in total. The van der Waals surface area contributed by atoms with Crippen molar-refractivity contribution >= 4 is 28.3 Å². The minimum Gasteiger partial charge on any atom is -0.454 e. The van der Waals surface area contributed by atoms with E-state index < -0.39 is 6.04 Å². The number of carbonyl (C=O) groups is 2. The Morgan fingerprint density at radius 3 is 2.70 bits per heavy atom. The molecule has 0 spiro atoms. The molecule has 2 heterocycles. The highest BCUT2D eigenvalue weighted by Crippen LogP contribution is 2.37. The van der Waals surface area contributed by atoms with Crippen LogP contribution in [0.4, 0.5) is 5.13 Å². The van der Waals surface area contributed by atoms with E-state index >= 15 is 0 Å². The van der Waals surface area contributed by atoms with Gasteiger partial charge in [-0.2, -0.15) is 0 Å². The molecule has 1 aromatic heterocycles. The third-order valence-corrected chi connectivity index (χ3v) is 6.10. The van der Waals surface area contributed by atoms with Gasteiger partial charge in [0.2, 0.25) is 23.7 Å². The van der Waals surface area contributed by atoms with E-state index in [-0.39, 0.29) is 18.6 Å². The van der Waals surface area contributed by atoms with Crippen molar-refractivity contribution in [3.8, 4) is 22.1 Å². The van der Waals surface area contributed by atoms with Crippen molar-refractivity contribution < 1.29 is 19.1 Å². The molecule has 8 nitrogen and oxygen atoms in total. The normalized spacial score (nSPS) is 12.9. The molecule has 2 aromatic carbocycles. The van der Waals surface area contributed by atoms with E-state index in [9.17, 15) is 9.59 Å². The van der Waals surface area contributed by atoms with Crippen LogP contribution in [-0.2, 0) is 16.0 Å². The summed E-state index contributed by atoms with van der Waals surface area (Å²) in [6.45, 7) is 2.28. The molecule has 1 aliphatic heterocycles. The van der Waals surface area contributed by atoms with Crippen LogP contribution in [0.2, 0.25) is 0 Å². The molecule has 172 valence electrons. The number of hydrogen-bond acceptors (Lipinski definition) is 7. The maximum atomic E-state index is 13.1. The average molecular weight is 467 g/mol. The van der Waals surface area contributed by atoms with Crippen LogP contribution >= 0.6 is 11.3 Å². The van der Waals surface area contributed by atoms with Crippen molar-refractivity contribution in [3.63, 3.8) is 0 Å². The van der Waals surface area contributed by atoms with Crippen molar-refractivity contribution in [1.29, 1.82) is 0 Å². The van der Waals surface area contributed by atoms with E-state index in [0.29, 0.717) is 34.5 Å². The van der Waals surface area contributed by atoms with Gasteiger partial charge < -0.3 is 14.8 Å². The predicted octanol–water partition coefficient (Wildman–Crippen LogP) is 4.18. The van der Waals surface area contributed by atoms with E-state index in [1.54, 1.807) is 0 Å². The highest BCUT2D eigenvalue weighted by atomic mass is 32.1. The Kier molecular flexibility index (Phi) is 7.51. The number of nitrogens with zero attached hydrogens (tertiary/aromatic N) is 2. The van der Waals surface area contributed by atoms with Gasteiger partial charge in [-0.1, -0.05) is 61.4 Å². The number of nitrogens with one attached hydrogen (secondary N) is 2. The number of carbonyl (C=O) groups excluding carboxylic acids is 2. The summed E-state index contributed by atoms with van der Waals surface area (Å²) in [4.78, 5) is 25.5. The predicted molar refractivity (Wildman–Crippen MR) is 126 cm³/mol. The van der Waals surface area contributed by atoms with Crippen LogP contribution in [0.25, 0.3) is 10.6 Å². The maximum Gasteiger partial charge on any atom is 0.249 e. The summed E-state index contributed by atoms with van der Waals surface area (Å²) >= 11 is 1.26. The largest absolute Gasteiger partial charge is 0.454 e. The first-order valence-electron chi connectivity index (χ1n) is 11.0. The summed E-state index contributed by atoms with van der Waals surface area (Å²) in [5, 5.41) is 15.0. The molecule has 1 atom stereocenters. The first-order chi connectivity index (χ1) is 16.1. The lowest BCUT2D eigenvalue weighted by molar-refractivity contribution is -0.126. The summed E-state index contributed by atoms with van der Waals surface area (Å²) in [6.07, 6.45) is 3.61. The molecule has 3 aromatic rings. The first-order valence-corrected chi connectivity index (χ1v) is 11.8. The average Bonchev–Trinajstić information content (AvgIpc) is 3.48. The van der Waals surface area contributed by atoms with Crippen LogP contribution in [0.1, 0.15) is 38.2 Å². The van der Waals surface area contributed by atoms with Crippen LogP contribution in [-0.4, -0.2) is 34.8 Å². The Morgan fingerprint density at radius 1 is 1.06 bits per heavy atom. The quantitative estimate of drug-likeness (QED) is 0.435. The molecule has 0 saturated carbocycles. The standard InChI is InChI=1S/C24H26N4O4S/c1-2-3-5-10-21(29)25-18(13-16-8-6-4-7-9-16)22(30)26-24-28-27-23(33-24)17-11-12-19-20(14-17)32-15-31-19/h4,6-9,11-12,14,18H,2-3,5,10,13,15H2,1H3,(H,25,29)(H,26,28,30)/t18-/m1/s1. The molecule has 2 amide bonds. The zero-order valence-corrected chi connectivity index (χ0v) is 19.2. The number of benzene rings is 2. The third-order valence-electron chi connectivity index (χ3n) is 5.22. The maximum absolute atomic E-state index is 13.1. The van der Waals surface area contributed by atoms with E-state index in [2.05, 4.69) is 27.8 Å². The Balaban J connectivity index is 1.44. The zero-order valence-electron chi connectivity index (χ0n) is 18.4. The molecular formula is C24H26N4O4S. The lowest BCUT2D eigenvalue weighted by atomic mass is 10.0. The van der Waals surface area contributed by atoms with Gasteiger partial charge in [-0.15, -0.1) is 10.2 Å². The third kappa shape index (κ3) is 6.07. The lowest BCUT2D eigenvalue weighted by Crippen LogP contribution is -2.45. The van der Waals surface area contributed by atoms with Crippen molar-refractivity contribution in [2.45, 2.75) is 45.1 Å². The van der Waals surface area contributed by atoms with Crippen molar-refractivity contribution in [1.82, 2.24) is 15.5 Å². The number of fused-ring (bicyclic) bond motifs is 1. The molecule has 0 radical (unpaired) electrons. The molecule has 0 fully saturated rings. The molecule has 0 bridgehead atoms. The van der Waals surface area contributed by atoms with Crippen LogP contribution in [0, 0.1) is 0 Å². The zero-order chi connectivity index (χ0) is 23.0. The summed E-state index contributed by atoms with van der Waals surface area (Å²) in [6, 6.07) is 14.4. The molecule has 33 heavy (non-hydrogen) atoms. The van der Waals surface area contributed by atoms with E-state index in [4.69, 9.17) is 9.47 Å². The second-order valence-corrected chi connectivity index (χ2v) is 8.71. The minimum absolute atomic E-state index is 0.127. The number of rotatable bonds is 10. The Labute approximate surface area is 196 Å². The van der Waals surface area contributed by atoms with E-state index in [1.807, 2.05) is 48.5 Å². The van der Waals surface area contributed by atoms with Crippen molar-refractivity contribution in [2.24, 2.45) is 0 Å². The molecule has 9 heteroatoms. The molecule has 1 aliphatic rings. The molecular weight excluding hydrogens is 440 g/mol. The van der Waals surface area contributed by atoms with Gasteiger partial charge in [0.05, 0.1) is 0 Å². The van der Waals surface area contributed by atoms with Gasteiger partial charge in [0.25, 0.3) is 0 Å². The van der Waals surface area contributed by atoms with Gasteiger partial charge in [0, 0.05) is 18.4 Å². The second kappa shape index (κ2) is 10.9. The number of anilines is 1. The SMILES string of the molecule is CCCCCC(=O)N[C@H](Cc1ccccc1)C(=O)Nc1nnc(-c2ccc3c(c2)OCO3)s1.